The van der Waals surface area contributed by atoms with E-state index in [2.05, 4.69) is 29.2 Å². The number of hydrogen-bond donors (Lipinski definition) is 2. The van der Waals surface area contributed by atoms with Gasteiger partial charge in [-0.05, 0) is 59.8 Å². The van der Waals surface area contributed by atoms with Gasteiger partial charge >= 0.3 is 5.97 Å². The lowest BCUT2D eigenvalue weighted by Crippen LogP contribution is -1.94. The Morgan fingerprint density at radius 2 is 1.63 bits per heavy atom. The second kappa shape index (κ2) is 7.00. The summed E-state index contributed by atoms with van der Waals surface area (Å²) in [5, 5.41) is 11.2. The normalized spacial score (nSPS) is 10.9. The first kappa shape index (κ1) is 16.9. The minimum Gasteiger partial charge on any atom is -0.493 e. The number of fused-ring (bicyclic) bond motifs is 1. The molecule has 1 aromatic heterocycles. The maximum atomic E-state index is 11.0. The summed E-state index contributed by atoms with van der Waals surface area (Å²) in [6.07, 6.45) is 0. The molecule has 0 aliphatic carbocycles. The molecule has 3 aromatic carbocycles. The summed E-state index contributed by atoms with van der Waals surface area (Å²) in [6, 6.07) is 23.3. The molecule has 4 aromatic rings. The van der Waals surface area contributed by atoms with Crippen molar-refractivity contribution in [2.45, 2.75) is 6.92 Å². The highest BCUT2D eigenvalue weighted by molar-refractivity contribution is 5.92. The second-order valence-electron chi connectivity index (χ2n) is 6.29. The number of carboxylic acid groups (broad SMARTS) is 1. The molecule has 0 saturated carbocycles. The molecule has 1 heterocycles. The van der Waals surface area contributed by atoms with Crippen LogP contribution >= 0.6 is 0 Å². The molecule has 134 valence electrons. The van der Waals surface area contributed by atoms with Gasteiger partial charge < -0.3 is 14.8 Å². The third-order valence-corrected chi connectivity index (χ3v) is 4.58. The molecular weight excluding hydrogens is 338 g/mol. The molecule has 0 amide bonds. The number of ether oxygens (including phenoxy) is 1. The molecule has 4 heteroatoms. The van der Waals surface area contributed by atoms with Crippen molar-refractivity contribution < 1.29 is 14.6 Å². The average molecular weight is 357 g/mol. The van der Waals surface area contributed by atoms with Crippen LogP contribution in [0.25, 0.3) is 33.3 Å². The fourth-order valence-electron chi connectivity index (χ4n) is 3.22. The van der Waals surface area contributed by atoms with E-state index in [0.29, 0.717) is 6.61 Å². The molecule has 0 spiro atoms. The maximum absolute atomic E-state index is 11.0. The van der Waals surface area contributed by atoms with E-state index in [1.165, 1.54) is 0 Å². The summed E-state index contributed by atoms with van der Waals surface area (Å²) < 4.78 is 5.76. The Morgan fingerprint density at radius 1 is 0.926 bits per heavy atom. The third kappa shape index (κ3) is 3.29. The monoisotopic (exact) mass is 357 g/mol. The Labute approximate surface area is 157 Å². The second-order valence-corrected chi connectivity index (χ2v) is 6.29. The molecule has 0 saturated heterocycles. The lowest BCUT2D eigenvalue weighted by atomic mass is 10.0. The summed E-state index contributed by atoms with van der Waals surface area (Å²) in [4.78, 5) is 14.4. The van der Waals surface area contributed by atoms with Gasteiger partial charge in [0, 0.05) is 16.8 Å². The SMILES string of the molecule is CCOc1cccc2ccc(-c3ccc(-c4ccc(C(=O)O)cc4)[nH]3)cc12. The zero-order valence-corrected chi connectivity index (χ0v) is 14.9. The lowest BCUT2D eigenvalue weighted by molar-refractivity contribution is 0.0697. The number of benzene rings is 3. The highest BCUT2D eigenvalue weighted by atomic mass is 16.5. The summed E-state index contributed by atoms with van der Waals surface area (Å²) >= 11 is 0. The van der Waals surface area contributed by atoms with Gasteiger partial charge in [-0.15, -0.1) is 0 Å². The van der Waals surface area contributed by atoms with Crippen molar-refractivity contribution in [3.63, 3.8) is 0 Å². The first-order valence-corrected chi connectivity index (χ1v) is 8.84. The number of hydrogen-bond acceptors (Lipinski definition) is 2. The Morgan fingerprint density at radius 3 is 2.33 bits per heavy atom. The molecule has 0 atom stereocenters. The van der Waals surface area contributed by atoms with Crippen LogP contribution in [0, 0.1) is 0 Å². The van der Waals surface area contributed by atoms with Gasteiger partial charge in [0.05, 0.1) is 12.2 Å². The standard InChI is InChI=1S/C23H19NO3/c1-2-27-22-5-3-4-15-6-11-18(14-19(15)22)21-13-12-20(24-21)16-7-9-17(10-8-16)23(25)26/h3-14,24H,2H2,1H3,(H,25,26). The highest BCUT2D eigenvalue weighted by Crippen LogP contribution is 2.31. The van der Waals surface area contributed by atoms with E-state index < -0.39 is 5.97 Å². The number of aromatic nitrogens is 1. The van der Waals surface area contributed by atoms with Gasteiger partial charge in [-0.25, -0.2) is 4.79 Å². The van der Waals surface area contributed by atoms with E-state index >= 15 is 0 Å². The van der Waals surface area contributed by atoms with Gasteiger partial charge in [-0.1, -0.05) is 36.4 Å². The van der Waals surface area contributed by atoms with E-state index in [1.54, 1.807) is 12.1 Å². The molecule has 27 heavy (non-hydrogen) atoms. The van der Waals surface area contributed by atoms with Crippen LogP contribution in [-0.4, -0.2) is 22.7 Å². The molecule has 0 aliphatic rings. The predicted octanol–water partition coefficient (Wildman–Crippen LogP) is 5.60. The predicted molar refractivity (Wildman–Crippen MR) is 107 cm³/mol. The van der Waals surface area contributed by atoms with E-state index in [-0.39, 0.29) is 5.56 Å². The summed E-state index contributed by atoms with van der Waals surface area (Å²) in [6.45, 7) is 2.61. The van der Waals surface area contributed by atoms with Gasteiger partial charge in [0.2, 0.25) is 0 Å². The summed E-state index contributed by atoms with van der Waals surface area (Å²) in [5.41, 5.74) is 4.24. The van der Waals surface area contributed by atoms with Crippen LogP contribution in [0.3, 0.4) is 0 Å². The van der Waals surface area contributed by atoms with Gasteiger partial charge in [-0.2, -0.15) is 0 Å². The van der Waals surface area contributed by atoms with Gasteiger partial charge in [0.15, 0.2) is 0 Å². The van der Waals surface area contributed by atoms with Crippen molar-refractivity contribution in [3.8, 4) is 28.3 Å². The van der Waals surface area contributed by atoms with Crippen LogP contribution in [0.15, 0.2) is 72.8 Å². The quantitative estimate of drug-likeness (QED) is 0.489. The first-order chi connectivity index (χ1) is 13.2. The smallest absolute Gasteiger partial charge is 0.335 e. The fourth-order valence-corrected chi connectivity index (χ4v) is 3.22. The van der Waals surface area contributed by atoms with Crippen LogP contribution in [0.2, 0.25) is 0 Å². The van der Waals surface area contributed by atoms with Crippen LogP contribution in [-0.2, 0) is 0 Å². The topological polar surface area (TPSA) is 62.3 Å². The van der Waals surface area contributed by atoms with Gasteiger partial charge in [0.1, 0.15) is 5.75 Å². The van der Waals surface area contributed by atoms with Crippen molar-refractivity contribution in [2.75, 3.05) is 6.61 Å². The Balaban J connectivity index is 1.70. The molecule has 4 nitrogen and oxygen atoms in total. The third-order valence-electron chi connectivity index (χ3n) is 4.58. The Hall–Kier alpha value is -3.53. The number of rotatable bonds is 5. The largest absolute Gasteiger partial charge is 0.493 e. The minimum absolute atomic E-state index is 0.281. The van der Waals surface area contributed by atoms with E-state index in [1.807, 2.05) is 43.3 Å². The maximum Gasteiger partial charge on any atom is 0.335 e. The lowest BCUT2D eigenvalue weighted by Gasteiger charge is -2.09. The van der Waals surface area contributed by atoms with E-state index in [4.69, 9.17) is 9.84 Å². The summed E-state index contributed by atoms with van der Waals surface area (Å²) in [5.74, 6) is -0.0390. The van der Waals surface area contributed by atoms with Gasteiger partial charge in [-0.3, -0.25) is 0 Å². The molecule has 0 bridgehead atoms. The van der Waals surface area contributed by atoms with Crippen molar-refractivity contribution in [3.05, 3.63) is 78.4 Å². The van der Waals surface area contributed by atoms with Crippen molar-refractivity contribution >= 4 is 16.7 Å². The van der Waals surface area contributed by atoms with Crippen LogP contribution < -0.4 is 4.74 Å². The molecule has 0 fully saturated rings. The zero-order valence-electron chi connectivity index (χ0n) is 14.9. The van der Waals surface area contributed by atoms with Crippen molar-refractivity contribution in [1.29, 1.82) is 0 Å². The molecular formula is C23H19NO3. The van der Waals surface area contributed by atoms with Crippen LogP contribution in [0.4, 0.5) is 0 Å². The van der Waals surface area contributed by atoms with Gasteiger partial charge in [0.25, 0.3) is 0 Å². The fraction of sp³-hybridized carbons (Fsp3) is 0.0870. The average Bonchev–Trinajstić information content (AvgIpc) is 3.18. The number of aromatic amines is 1. The number of carboxylic acids is 1. The number of H-pyrrole nitrogens is 1. The van der Waals surface area contributed by atoms with Crippen molar-refractivity contribution in [2.24, 2.45) is 0 Å². The Bertz CT molecular complexity index is 1110. The molecule has 0 unspecified atom stereocenters. The Kier molecular flexibility index (Phi) is 4.38. The minimum atomic E-state index is -0.921. The first-order valence-electron chi connectivity index (χ1n) is 8.84. The molecule has 0 radical (unpaired) electrons. The van der Waals surface area contributed by atoms with Crippen LogP contribution in [0.1, 0.15) is 17.3 Å². The number of nitrogens with one attached hydrogen (secondary N) is 1. The van der Waals surface area contributed by atoms with E-state index in [0.717, 1.165) is 39.0 Å². The summed E-state index contributed by atoms with van der Waals surface area (Å²) in [7, 11) is 0. The number of carbonyl (C=O) groups is 1. The van der Waals surface area contributed by atoms with E-state index in [9.17, 15) is 4.79 Å². The zero-order chi connectivity index (χ0) is 18.8. The van der Waals surface area contributed by atoms with Crippen LogP contribution in [0.5, 0.6) is 5.75 Å². The number of aromatic carboxylic acids is 1. The molecule has 0 aliphatic heterocycles. The highest BCUT2D eigenvalue weighted by Gasteiger charge is 2.08. The van der Waals surface area contributed by atoms with Crippen molar-refractivity contribution in [1.82, 2.24) is 4.98 Å². The molecule has 2 N–H and O–H groups in total. The molecule has 4 rings (SSSR count).